The maximum atomic E-state index is 11.5. The monoisotopic (exact) mass is 322 g/mol. The molecule has 17 heavy (non-hydrogen) atoms. The van der Waals surface area contributed by atoms with Crippen molar-refractivity contribution in [3.05, 3.63) is 28.2 Å². The van der Waals surface area contributed by atoms with Crippen molar-refractivity contribution in [3.8, 4) is 0 Å². The Morgan fingerprint density at radius 2 is 2.12 bits per heavy atom. The van der Waals surface area contributed by atoms with Gasteiger partial charge in [-0.05, 0) is 34.1 Å². The second-order valence-corrected chi connectivity index (χ2v) is 5.55. The average molecular weight is 323 g/mol. The van der Waals surface area contributed by atoms with Gasteiger partial charge < -0.3 is 10.4 Å². The summed E-state index contributed by atoms with van der Waals surface area (Å²) in [7, 11) is -3.89. The molecule has 0 saturated carbocycles. The van der Waals surface area contributed by atoms with Crippen molar-refractivity contribution in [2.75, 3.05) is 13.2 Å². The Labute approximate surface area is 107 Å². The average Bonchev–Trinajstić information content (AvgIpc) is 2.25. The Morgan fingerprint density at radius 1 is 1.47 bits per heavy atom. The van der Waals surface area contributed by atoms with E-state index < -0.39 is 15.9 Å². The molecule has 0 heterocycles. The van der Waals surface area contributed by atoms with Crippen LogP contribution in [0.1, 0.15) is 10.4 Å². The zero-order chi connectivity index (χ0) is 13.1. The minimum absolute atomic E-state index is 0.0968. The molecule has 0 radical (unpaired) electrons. The highest BCUT2D eigenvalue weighted by molar-refractivity contribution is 9.10. The van der Waals surface area contributed by atoms with Crippen LogP contribution in [0.4, 0.5) is 0 Å². The summed E-state index contributed by atoms with van der Waals surface area (Å²) in [6.07, 6.45) is 0. The van der Waals surface area contributed by atoms with Gasteiger partial charge in [-0.3, -0.25) is 4.79 Å². The number of nitrogens with two attached hydrogens (primary N) is 1. The smallest absolute Gasteiger partial charge is 0.251 e. The molecule has 0 unspecified atom stereocenters. The highest BCUT2D eigenvalue weighted by Crippen LogP contribution is 2.21. The van der Waals surface area contributed by atoms with Crippen molar-refractivity contribution in [2.24, 2.45) is 5.14 Å². The quantitative estimate of drug-likeness (QED) is 0.714. The van der Waals surface area contributed by atoms with E-state index in [0.29, 0.717) is 4.47 Å². The van der Waals surface area contributed by atoms with Crippen LogP contribution < -0.4 is 10.5 Å². The second-order valence-electron chi connectivity index (χ2n) is 3.17. The summed E-state index contributed by atoms with van der Waals surface area (Å²) in [5.41, 5.74) is 0.158. The zero-order valence-corrected chi connectivity index (χ0v) is 11.1. The van der Waals surface area contributed by atoms with Gasteiger partial charge in [-0.1, -0.05) is 0 Å². The third-order valence-corrected chi connectivity index (χ3v) is 3.80. The zero-order valence-electron chi connectivity index (χ0n) is 8.68. The number of hydrogen-bond acceptors (Lipinski definition) is 4. The van der Waals surface area contributed by atoms with Gasteiger partial charge in [0.1, 0.15) is 0 Å². The van der Waals surface area contributed by atoms with Crippen LogP contribution in [-0.2, 0) is 10.0 Å². The predicted octanol–water partition coefficient (Wildman–Crippen LogP) is -0.181. The number of primary sulfonamides is 1. The minimum atomic E-state index is -3.89. The van der Waals surface area contributed by atoms with Crippen LogP contribution in [0.25, 0.3) is 0 Å². The van der Waals surface area contributed by atoms with Gasteiger partial charge >= 0.3 is 0 Å². The summed E-state index contributed by atoms with van der Waals surface area (Å²) in [5, 5.41) is 16.0. The van der Waals surface area contributed by atoms with Crippen LogP contribution in [-0.4, -0.2) is 32.6 Å². The van der Waals surface area contributed by atoms with Gasteiger partial charge in [0.15, 0.2) is 0 Å². The van der Waals surface area contributed by atoms with Crippen molar-refractivity contribution in [3.63, 3.8) is 0 Å². The fourth-order valence-corrected chi connectivity index (χ4v) is 2.69. The molecule has 4 N–H and O–H groups in total. The summed E-state index contributed by atoms with van der Waals surface area (Å²) in [5.74, 6) is -0.476. The maximum Gasteiger partial charge on any atom is 0.251 e. The fraction of sp³-hybridized carbons (Fsp3) is 0.222. The predicted molar refractivity (Wildman–Crippen MR) is 64.9 cm³/mol. The van der Waals surface area contributed by atoms with Crippen molar-refractivity contribution >= 4 is 31.9 Å². The molecule has 0 aliphatic heterocycles. The van der Waals surface area contributed by atoms with E-state index in [1.807, 2.05) is 0 Å². The van der Waals surface area contributed by atoms with E-state index in [2.05, 4.69) is 21.2 Å². The first kappa shape index (κ1) is 14.1. The SMILES string of the molecule is NS(=O)(=O)c1cc(C(=O)NCCO)ccc1Br. The van der Waals surface area contributed by atoms with Gasteiger partial charge in [0.25, 0.3) is 5.91 Å². The number of aliphatic hydroxyl groups is 1. The number of amides is 1. The van der Waals surface area contributed by atoms with Gasteiger partial charge in [-0.25, -0.2) is 13.6 Å². The second kappa shape index (κ2) is 5.58. The number of sulfonamides is 1. The van der Waals surface area contributed by atoms with E-state index in [1.165, 1.54) is 18.2 Å². The van der Waals surface area contributed by atoms with Crippen LogP contribution in [0.3, 0.4) is 0 Å². The Kier molecular flexibility index (Phi) is 4.63. The third-order valence-electron chi connectivity index (χ3n) is 1.90. The summed E-state index contributed by atoms with van der Waals surface area (Å²) in [4.78, 5) is 11.4. The van der Waals surface area contributed by atoms with Crippen molar-refractivity contribution < 1.29 is 18.3 Å². The van der Waals surface area contributed by atoms with Crippen LogP contribution in [0.15, 0.2) is 27.6 Å². The largest absolute Gasteiger partial charge is 0.395 e. The number of hydrogen-bond donors (Lipinski definition) is 3. The highest BCUT2D eigenvalue weighted by Gasteiger charge is 2.15. The van der Waals surface area contributed by atoms with Gasteiger partial charge in [0.2, 0.25) is 10.0 Å². The summed E-state index contributed by atoms with van der Waals surface area (Å²) in [6.45, 7) is -0.0933. The normalized spacial score (nSPS) is 11.2. The molecule has 8 heteroatoms. The molecule has 0 aromatic heterocycles. The van der Waals surface area contributed by atoms with E-state index >= 15 is 0 Å². The number of rotatable bonds is 4. The van der Waals surface area contributed by atoms with Gasteiger partial charge in [-0.2, -0.15) is 0 Å². The van der Waals surface area contributed by atoms with Crippen molar-refractivity contribution in [1.82, 2.24) is 5.32 Å². The fourth-order valence-electron chi connectivity index (χ4n) is 1.13. The van der Waals surface area contributed by atoms with E-state index in [4.69, 9.17) is 10.2 Å². The molecule has 0 aliphatic carbocycles. The molecule has 94 valence electrons. The minimum Gasteiger partial charge on any atom is -0.395 e. The first-order chi connectivity index (χ1) is 7.86. The maximum absolute atomic E-state index is 11.5. The first-order valence-electron chi connectivity index (χ1n) is 4.57. The van der Waals surface area contributed by atoms with E-state index in [-0.39, 0.29) is 23.6 Å². The lowest BCUT2D eigenvalue weighted by Crippen LogP contribution is -2.26. The molecule has 0 fully saturated rings. The van der Waals surface area contributed by atoms with Crippen LogP contribution in [0, 0.1) is 0 Å². The van der Waals surface area contributed by atoms with E-state index in [9.17, 15) is 13.2 Å². The Hall–Kier alpha value is -0.960. The molecule has 0 aliphatic rings. The van der Waals surface area contributed by atoms with E-state index in [0.717, 1.165) is 0 Å². The topological polar surface area (TPSA) is 109 Å². The van der Waals surface area contributed by atoms with Crippen LogP contribution in [0.2, 0.25) is 0 Å². The van der Waals surface area contributed by atoms with Crippen LogP contribution in [0.5, 0.6) is 0 Å². The number of benzene rings is 1. The molecule has 1 rings (SSSR count). The Balaban J connectivity index is 3.09. The van der Waals surface area contributed by atoms with E-state index in [1.54, 1.807) is 0 Å². The van der Waals surface area contributed by atoms with Gasteiger partial charge in [0.05, 0.1) is 11.5 Å². The lowest BCUT2D eigenvalue weighted by atomic mass is 10.2. The molecule has 1 aromatic carbocycles. The Bertz CT molecular complexity index is 530. The molecular formula is C9H11BrN2O4S. The number of carbonyl (C=O) groups is 1. The van der Waals surface area contributed by atoms with Gasteiger partial charge in [-0.15, -0.1) is 0 Å². The van der Waals surface area contributed by atoms with Crippen molar-refractivity contribution in [2.45, 2.75) is 4.90 Å². The highest BCUT2D eigenvalue weighted by atomic mass is 79.9. The molecule has 0 saturated heterocycles. The lowest BCUT2D eigenvalue weighted by molar-refractivity contribution is 0.0944. The molecule has 1 amide bonds. The van der Waals surface area contributed by atoms with Crippen LogP contribution >= 0.6 is 15.9 Å². The molecule has 0 spiro atoms. The summed E-state index contributed by atoms with van der Waals surface area (Å²) >= 11 is 3.04. The summed E-state index contributed by atoms with van der Waals surface area (Å²) in [6, 6.07) is 4.05. The lowest BCUT2D eigenvalue weighted by Gasteiger charge is -2.06. The number of halogens is 1. The molecule has 0 atom stereocenters. The standard InChI is InChI=1S/C9H11BrN2O4S/c10-7-2-1-6(9(14)12-3-4-13)5-8(7)17(11,15)16/h1-2,5,13H,3-4H2,(H,12,14)(H2,11,15,16). The number of aliphatic hydroxyl groups excluding tert-OH is 1. The number of nitrogens with one attached hydrogen (secondary N) is 1. The molecule has 0 bridgehead atoms. The Morgan fingerprint density at radius 3 is 2.65 bits per heavy atom. The van der Waals surface area contributed by atoms with Gasteiger partial charge in [0, 0.05) is 16.6 Å². The molecular weight excluding hydrogens is 312 g/mol. The molecule has 1 aromatic rings. The first-order valence-corrected chi connectivity index (χ1v) is 6.91. The molecule has 6 nitrogen and oxygen atoms in total. The number of carbonyl (C=O) groups excluding carboxylic acids is 1. The van der Waals surface area contributed by atoms with Crippen molar-refractivity contribution in [1.29, 1.82) is 0 Å². The third kappa shape index (κ3) is 3.77. The summed E-state index contributed by atoms with van der Waals surface area (Å²) < 4.78 is 22.7.